The molecule has 3 nitrogen and oxygen atoms in total. The number of carbonyl (C=O) groups excluding carboxylic acids is 1. The molecule has 1 aromatic rings. The van der Waals surface area contributed by atoms with Gasteiger partial charge >= 0.3 is 0 Å². The highest BCUT2D eigenvalue weighted by molar-refractivity contribution is 5.74. The molecule has 0 aromatic heterocycles. The van der Waals surface area contributed by atoms with Gasteiger partial charge in [-0.3, -0.25) is 4.79 Å². The molecule has 0 radical (unpaired) electrons. The number of methoxy groups -OCH3 is 1. The van der Waals surface area contributed by atoms with Crippen molar-refractivity contribution >= 4 is 12.1 Å². The first-order valence-corrected chi connectivity index (χ1v) is 4.04. The molecule has 0 bridgehead atoms. The van der Waals surface area contributed by atoms with E-state index in [0.717, 1.165) is 22.6 Å². The first-order chi connectivity index (χ1) is 6.19. The minimum absolute atomic E-state index is 0.675. The third-order valence-corrected chi connectivity index (χ3v) is 1.96. The van der Waals surface area contributed by atoms with E-state index in [1.807, 2.05) is 26.0 Å². The van der Waals surface area contributed by atoms with Crippen molar-refractivity contribution < 1.29 is 9.53 Å². The molecule has 0 saturated heterocycles. The average molecular weight is 179 g/mol. The van der Waals surface area contributed by atoms with E-state index in [1.54, 1.807) is 7.11 Å². The van der Waals surface area contributed by atoms with E-state index in [0.29, 0.717) is 6.41 Å². The molecule has 0 atom stereocenters. The molecule has 3 heteroatoms. The largest absolute Gasteiger partial charge is 0.496 e. The summed E-state index contributed by atoms with van der Waals surface area (Å²) in [5.74, 6) is 0.842. The number of hydrogen-bond donors (Lipinski definition) is 1. The number of nitrogens with one attached hydrogen (secondary N) is 1. The topological polar surface area (TPSA) is 38.3 Å². The molecule has 0 aliphatic carbocycles. The molecule has 1 amide bonds. The van der Waals surface area contributed by atoms with Crippen molar-refractivity contribution in [2.45, 2.75) is 13.8 Å². The van der Waals surface area contributed by atoms with E-state index in [2.05, 4.69) is 5.32 Å². The van der Waals surface area contributed by atoms with Crippen molar-refractivity contribution in [3.05, 3.63) is 23.3 Å². The van der Waals surface area contributed by atoms with Crippen molar-refractivity contribution in [2.24, 2.45) is 0 Å². The van der Waals surface area contributed by atoms with Crippen LogP contribution in [0.25, 0.3) is 0 Å². The van der Waals surface area contributed by atoms with Gasteiger partial charge in [0.1, 0.15) is 5.75 Å². The maximum absolute atomic E-state index is 10.2. The fourth-order valence-electron chi connectivity index (χ4n) is 1.23. The molecule has 0 aliphatic heterocycles. The highest BCUT2D eigenvalue weighted by Crippen LogP contribution is 2.25. The van der Waals surface area contributed by atoms with Crippen LogP contribution in [0.4, 0.5) is 5.69 Å². The van der Waals surface area contributed by atoms with Crippen LogP contribution in [0.5, 0.6) is 5.75 Å². The summed E-state index contributed by atoms with van der Waals surface area (Å²) in [5, 5.41) is 2.63. The van der Waals surface area contributed by atoms with E-state index in [9.17, 15) is 4.79 Å². The molecule has 0 aliphatic rings. The second-order valence-electron chi connectivity index (χ2n) is 2.90. The Hall–Kier alpha value is -1.51. The highest BCUT2D eigenvalue weighted by Gasteiger charge is 2.03. The van der Waals surface area contributed by atoms with Crippen LogP contribution in [0.3, 0.4) is 0 Å². The lowest BCUT2D eigenvalue weighted by molar-refractivity contribution is -0.105. The zero-order valence-corrected chi connectivity index (χ0v) is 8.05. The van der Waals surface area contributed by atoms with Gasteiger partial charge in [-0.05, 0) is 37.1 Å². The standard InChI is InChI=1S/C10H13NO2/c1-7-5-10(13-3)8(2)4-9(7)11-6-12/h4-6H,1-3H3,(H,11,12). The molecule has 0 saturated carbocycles. The number of anilines is 1. The Morgan fingerprint density at radius 1 is 1.31 bits per heavy atom. The van der Waals surface area contributed by atoms with Gasteiger partial charge in [0.25, 0.3) is 0 Å². The van der Waals surface area contributed by atoms with Crippen LogP contribution in [0.15, 0.2) is 12.1 Å². The summed E-state index contributed by atoms with van der Waals surface area (Å²) in [6, 6.07) is 3.80. The molecule has 0 heterocycles. The summed E-state index contributed by atoms with van der Waals surface area (Å²) in [4.78, 5) is 10.2. The van der Waals surface area contributed by atoms with Gasteiger partial charge in [-0.2, -0.15) is 0 Å². The van der Waals surface area contributed by atoms with E-state index in [1.165, 1.54) is 0 Å². The van der Waals surface area contributed by atoms with E-state index >= 15 is 0 Å². The normalized spacial score (nSPS) is 9.46. The number of rotatable bonds is 3. The molecule has 1 N–H and O–H groups in total. The molecule has 0 fully saturated rings. The van der Waals surface area contributed by atoms with E-state index < -0.39 is 0 Å². The van der Waals surface area contributed by atoms with Crippen LogP contribution in [-0.4, -0.2) is 13.5 Å². The molecule has 0 spiro atoms. The van der Waals surface area contributed by atoms with Gasteiger partial charge < -0.3 is 10.1 Å². The minimum atomic E-state index is 0.675. The predicted octanol–water partition coefficient (Wildman–Crippen LogP) is 1.88. The molecule has 70 valence electrons. The van der Waals surface area contributed by atoms with Crippen molar-refractivity contribution in [2.75, 3.05) is 12.4 Å². The van der Waals surface area contributed by atoms with Crippen molar-refractivity contribution in [1.29, 1.82) is 0 Å². The van der Waals surface area contributed by atoms with Crippen LogP contribution >= 0.6 is 0 Å². The lowest BCUT2D eigenvalue weighted by atomic mass is 10.1. The van der Waals surface area contributed by atoms with Gasteiger partial charge in [0.05, 0.1) is 7.11 Å². The second-order valence-corrected chi connectivity index (χ2v) is 2.90. The number of ether oxygens (including phenoxy) is 1. The Morgan fingerprint density at radius 2 is 2.00 bits per heavy atom. The van der Waals surface area contributed by atoms with E-state index in [4.69, 9.17) is 4.74 Å². The summed E-state index contributed by atoms with van der Waals surface area (Å²) in [5.41, 5.74) is 2.83. The molecule has 13 heavy (non-hydrogen) atoms. The minimum Gasteiger partial charge on any atom is -0.496 e. The number of benzene rings is 1. The van der Waals surface area contributed by atoms with Crippen LogP contribution in [0, 0.1) is 13.8 Å². The quantitative estimate of drug-likeness (QED) is 0.719. The summed E-state index contributed by atoms with van der Waals surface area (Å²) in [6.07, 6.45) is 0.675. The van der Waals surface area contributed by atoms with Gasteiger partial charge in [-0.1, -0.05) is 0 Å². The summed E-state index contributed by atoms with van der Waals surface area (Å²) < 4.78 is 5.14. The third kappa shape index (κ3) is 1.99. The molecule has 0 unspecified atom stereocenters. The van der Waals surface area contributed by atoms with Crippen molar-refractivity contribution in [3.63, 3.8) is 0 Å². The smallest absolute Gasteiger partial charge is 0.211 e. The monoisotopic (exact) mass is 179 g/mol. The number of hydrogen-bond acceptors (Lipinski definition) is 2. The molecular formula is C10H13NO2. The highest BCUT2D eigenvalue weighted by atomic mass is 16.5. The second kappa shape index (κ2) is 3.94. The van der Waals surface area contributed by atoms with Crippen molar-refractivity contribution in [1.82, 2.24) is 0 Å². The third-order valence-electron chi connectivity index (χ3n) is 1.96. The van der Waals surface area contributed by atoms with Crippen molar-refractivity contribution in [3.8, 4) is 5.75 Å². The fraction of sp³-hybridized carbons (Fsp3) is 0.300. The van der Waals surface area contributed by atoms with Gasteiger partial charge in [0.15, 0.2) is 0 Å². The van der Waals surface area contributed by atoms with Gasteiger partial charge in [-0.25, -0.2) is 0 Å². The SMILES string of the molecule is COc1cc(C)c(NC=O)cc1C. The zero-order valence-electron chi connectivity index (χ0n) is 8.05. The van der Waals surface area contributed by atoms with Crippen LogP contribution in [0.2, 0.25) is 0 Å². The zero-order chi connectivity index (χ0) is 9.84. The molecule has 1 aromatic carbocycles. The van der Waals surface area contributed by atoms with E-state index in [-0.39, 0.29) is 0 Å². The van der Waals surface area contributed by atoms with Gasteiger partial charge in [0.2, 0.25) is 6.41 Å². The fourth-order valence-corrected chi connectivity index (χ4v) is 1.23. The maximum atomic E-state index is 10.2. The Labute approximate surface area is 77.7 Å². The van der Waals surface area contributed by atoms with Gasteiger partial charge in [0, 0.05) is 5.69 Å². The Morgan fingerprint density at radius 3 is 2.54 bits per heavy atom. The first-order valence-electron chi connectivity index (χ1n) is 4.04. The predicted molar refractivity (Wildman–Crippen MR) is 52.2 cm³/mol. The van der Waals surface area contributed by atoms with Crippen LogP contribution in [0.1, 0.15) is 11.1 Å². The van der Waals surface area contributed by atoms with Crippen LogP contribution in [-0.2, 0) is 4.79 Å². The maximum Gasteiger partial charge on any atom is 0.211 e. The lowest BCUT2D eigenvalue weighted by Crippen LogP contribution is -1.98. The summed E-state index contributed by atoms with van der Waals surface area (Å²) in [6.45, 7) is 3.86. The lowest BCUT2D eigenvalue weighted by Gasteiger charge is -2.09. The number of carbonyl (C=O) groups is 1. The average Bonchev–Trinajstić information content (AvgIpc) is 2.11. The number of aryl methyl sites for hydroxylation is 2. The Kier molecular flexibility index (Phi) is 2.90. The summed E-state index contributed by atoms with van der Waals surface area (Å²) >= 11 is 0. The molecule has 1 rings (SSSR count). The Bertz CT molecular complexity index is 321. The van der Waals surface area contributed by atoms with Gasteiger partial charge in [-0.15, -0.1) is 0 Å². The number of amides is 1. The Balaban J connectivity index is 3.12. The summed E-state index contributed by atoms with van der Waals surface area (Å²) in [7, 11) is 1.63. The first kappa shape index (κ1) is 9.58. The molecular weight excluding hydrogens is 166 g/mol. The van der Waals surface area contributed by atoms with Crippen LogP contribution < -0.4 is 10.1 Å².